The van der Waals surface area contributed by atoms with Crippen LogP contribution in [0, 0.1) is 5.92 Å². The SMILES string of the molecule is COc1ccc(Br)c(NC2CCN(CC(C)C)CC2)c1. The van der Waals surface area contributed by atoms with Crippen LogP contribution in [0.4, 0.5) is 5.69 Å². The monoisotopic (exact) mass is 340 g/mol. The Labute approximate surface area is 130 Å². The van der Waals surface area contributed by atoms with E-state index in [1.54, 1.807) is 7.11 Å². The second-order valence-electron chi connectivity index (χ2n) is 5.96. The lowest BCUT2D eigenvalue weighted by Crippen LogP contribution is -2.40. The van der Waals surface area contributed by atoms with Crippen molar-refractivity contribution < 1.29 is 4.74 Å². The van der Waals surface area contributed by atoms with Crippen molar-refractivity contribution in [2.75, 3.05) is 32.1 Å². The van der Waals surface area contributed by atoms with Crippen molar-refractivity contribution in [2.24, 2.45) is 5.92 Å². The van der Waals surface area contributed by atoms with Gasteiger partial charge in [0.1, 0.15) is 5.75 Å². The Morgan fingerprint density at radius 2 is 2.05 bits per heavy atom. The number of piperidine rings is 1. The second kappa shape index (κ2) is 7.32. The average Bonchev–Trinajstić information content (AvgIpc) is 2.43. The number of halogens is 1. The van der Waals surface area contributed by atoms with Gasteiger partial charge in [-0.05, 0) is 46.8 Å². The molecule has 0 amide bonds. The highest BCUT2D eigenvalue weighted by Crippen LogP contribution is 2.29. The summed E-state index contributed by atoms with van der Waals surface area (Å²) in [5, 5.41) is 3.64. The van der Waals surface area contributed by atoms with Crippen molar-refractivity contribution in [1.29, 1.82) is 0 Å². The number of hydrogen-bond acceptors (Lipinski definition) is 3. The van der Waals surface area contributed by atoms with Gasteiger partial charge >= 0.3 is 0 Å². The van der Waals surface area contributed by atoms with Crippen LogP contribution in [0.15, 0.2) is 22.7 Å². The molecule has 0 bridgehead atoms. The molecule has 20 heavy (non-hydrogen) atoms. The molecule has 4 heteroatoms. The molecular weight excluding hydrogens is 316 g/mol. The van der Waals surface area contributed by atoms with Gasteiger partial charge in [-0.15, -0.1) is 0 Å². The molecule has 0 aromatic heterocycles. The number of hydrogen-bond donors (Lipinski definition) is 1. The zero-order valence-corrected chi connectivity index (χ0v) is 14.2. The zero-order chi connectivity index (χ0) is 14.5. The van der Waals surface area contributed by atoms with Crippen molar-refractivity contribution in [3.05, 3.63) is 22.7 Å². The number of rotatable bonds is 5. The minimum absolute atomic E-state index is 0.557. The minimum atomic E-state index is 0.557. The summed E-state index contributed by atoms with van der Waals surface area (Å²) in [6.07, 6.45) is 2.41. The van der Waals surface area contributed by atoms with Gasteiger partial charge < -0.3 is 15.0 Å². The van der Waals surface area contributed by atoms with Crippen molar-refractivity contribution >= 4 is 21.6 Å². The highest BCUT2D eigenvalue weighted by atomic mass is 79.9. The standard InChI is InChI=1S/C16H25BrN2O/c1-12(2)11-19-8-6-13(7-9-19)18-16-10-14(20-3)4-5-15(16)17/h4-5,10,12-13,18H,6-9,11H2,1-3H3. The summed E-state index contributed by atoms with van der Waals surface area (Å²) in [5.74, 6) is 1.65. The lowest BCUT2D eigenvalue weighted by Gasteiger charge is -2.34. The molecule has 1 aliphatic heterocycles. The zero-order valence-electron chi connectivity index (χ0n) is 12.7. The smallest absolute Gasteiger partial charge is 0.121 e. The Kier molecular flexibility index (Phi) is 5.73. The van der Waals surface area contributed by atoms with Crippen molar-refractivity contribution in [3.63, 3.8) is 0 Å². The number of likely N-dealkylation sites (tertiary alicyclic amines) is 1. The van der Waals surface area contributed by atoms with Gasteiger partial charge in [0, 0.05) is 36.2 Å². The van der Waals surface area contributed by atoms with Gasteiger partial charge in [0.05, 0.1) is 12.8 Å². The molecule has 1 saturated heterocycles. The highest BCUT2D eigenvalue weighted by Gasteiger charge is 2.20. The van der Waals surface area contributed by atoms with E-state index in [2.05, 4.69) is 46.1 Å². The summed E-state index contributed by atoms with van der Waals surface area (Å²) in [4.78, 5) is 2.57. The van der Waals surface area contributed by atoms with E-state index in [1.165, 1.54) is 32.5 Å². The Hall–Kier alpha value is -0.740. The third kappa shape index (κ3) is 4.38. The van der Waals surface area contributed by atoms with E-state index in [1.807, 2.05) is 12.1 Å². The lowest BCUT2D eigenvalue weighted by atomic mass is 10.0. The van der Waals surface area contributed by atoms with Gasteiger partial charge in [-0.25, -0.2) is 0 Å². The molecule has 0 spiro atoms. The fraction of sp³-hybridized carbons (Fsp3) is 0.625. The third-order valence-electron chi connectivity index (χ3n) is 3.74. The van der Waals surface area contributed by atoms with Crippen molar-refractivity contribution in [2.45, 2.75) is 32.7 Å². The molecule has 1 heterocycles. The first-order chi connectivity index (χ1) is 9.58. The van der Waals surface area contributed by atoms with Crippen LogP contribution in [0.3, 0.4) is 0 Å². The molecule has 0 unspecified atom stereocenters. The first-order valence-electron chi connectivity index (χ1n) is 7.41. The summed E-state index contributed by atoms with van der Waals surface area (Å²) < 4.78 is 6.39. The number of benzene rings is 1. The maximum absolute atomic E-state index is 5.29. The molecule has 1 aromatic carbocycles. The fourth-order valence-electron chi connectivity index (χ4n) is 2.74. The molecule has 1 aromatic rings. The topological polar surface area (TPSA) is 24.5 Å². The van der Waals surface area contributed by atoms with E-state index < -0.39 is 0 Å². The summed E-state index contributed by atoms with van der Waals surface area (Å²) in [7, 11) is 1.71. The van der Waals surface area contributed by atoms with Crippen LogP contribution in [0.1, 0.15) is 26.7 Å². The van der Waals surface area contributed by atoms with E-state index in [0.29, 0.717) is 6.04 Å². The molecule has 0 aliphatic carbocycles. The van der Waals surface area contributed by atoms with E-state index in [0.717, 1.165) is 21.8 Å². The van der Waals surface area contributed by atoms with Crippen LogP contribution >= 0.6 is 15.9 Å². The third-order valence-corrected chi connectivity index (χ3v) is 4.44. The van der Waals surface area contributed by atoms with E-state index in [4.69, 9.17) is 4.74 Å². The molecule has 0 saturated carbocycles. The summed E-state index contributed by atoms with van der Waals surface area (Å²) in [6.45, 7) is 8.18. The Bertz CT molecular complexity index is 428. The van der Waals surface area contributed by atoms with E-state index >= 15 is 0 Å². The second-order valence-corrected chi connectivity index (χ2v) is 6.81. The fourth-order valence-corrected chi connectivity index (χ4v) is 3.10. The van der Waals surface area contributed by atoms with Gasteiger partial charge in [-0.1, -0.05) is 13.8 Å². The molecule has 0 atom stereocenters. The first kappa shape index (κ1) is 15.6. The number of nitrogens with one attached hydrogen (secondary N) is 1. The Morgan fingerprint density at radius 1 is 1.35 bits per heavy atom. The number of anilines is 1. The maximum Gasteiger partial charge on any atom is 0.121 e. The average molecular weight is 341 g/mol. The van der Waals surface area contributed by atoms with E-state index in [-0.39, 0.29) is 0 Å². The van der Waals surface area contributed by atoms with E-state index in [9.17, 15) is 0 Å². The predicted molar refractivity (Wildman–Crippen MR) is 88.6 cm³/mol. The predicted octanol–water partition coefficient (Wildman–Crippen LogP) is 3.99. The first-order valence-corrected chi connectivity index (χ1v) is 8.20. The van der Waals surface area contributed by atoms with Crippen LogP contribution in [0.25, 0.3) is 0 Å². The Morgan fingerprint density at radius 3 is 2.65 bits per heavy atom. The number of nitrogens with zero attached hydrogens (tertiary/aromatic N) is 1. The van der Waals surface area contributed by atoms with Crippen LogP contribution < -0.4 is 10.1 Å². The molecule has 112 valence electrons. The Balaban J connectivity index is 1.89. The lowest BCUT2D eigenvalue weighted by molar-refractivity contribution is 0.198. The normalized spacial score (nSPS) is 17.4. The van der Waals surface area contributed by atoms with Crippen molar-refractivity contribution in [3.8, 4) is 5.75 Å². The molecule has 1 aliphatic rings. The van der Waals surface area contributed by atoms with Crippen LogP contribution in [0.2, 0.25) is 0 Å². The molecule has 2 rings (SSSR count). The van der Waals surface area contributed by atoms with Gasteiger partial charge in [0.25, 0.3) is 0 Å². The van der Waals surface area contributed by atoms with Gasteiger partial charge in [-0.3, -0.25) is 0 Å². The molecule has 3 nitrogen and oxygen atoms in total. The molecule has 1 fully saturated rings. The molecule has 1 N–H and O–H groups in total. The van der Waals surface area contributed by atoms with Crippen molar-refractivity contribution in [1.82, 2.24) is 4.90 Å². The van der Waals surface area contributed by atoms with Crippen LogP contribution in [-0.2, 0) is 0 Å². The number of methoxy groups -OCH3 is 1. The summed E-state index contributed by atoms with van der Waals surface area (Å²) in [6, 6.07) is 6.63. The largest absolute Gasteiger partial charge is 0.497 e. The minimum Gasteiger partial charge on any atom is -0.497 e. The van der Waals surface area contributed by atoms with Crippen LogP contribution in [0.5, 0.6) is 5.75 Å². The van der Waals surface area contributed by atoms with Gasteiger partial charge in [0.15, 0.2) is 0 Å². The number of ether oxygens (including phenoxy) is 1. The van der Waals surface area contributed by atoms with Crippen LogP contribution in [-0.4, -0.2) is 37.7 Å². The van der Waals surface area contributed by atoms with Gasteiger partial charge in [-0.2, -0.15) is 0 Å². The highest BCUT2D eigenvalue weighted by molar-refractivity contribution is 9.10. The maximum atomic E-state index is 5.29. The quantitative estimate of drug-likeness (QED) is 0.876. The summed E-state index contributed by atoms with van der Waals surface area (Å²) in [5.41, 5.74) is 1.13. The molecule has 0 radical (unpaired) electrons. The van der Waals surface area contributed by atoms with Gasteiger partial charge in [0.2, 0.25) is 0 Å². The molecular formula is C16H25BrN2O. The summed E-state index contributed by atoms with van der Waals surface area (Å²) >= 11 is 3.60.